The molecule has 0 bridgehead atoms. The molecule has 18 heavy (non-hydrogen) atoms. The monoisotopic (exact) mass is 254 g/mol. The van der Waals surface area contributed by atoms with Gasteiger partial charge in [0.1, 0.15) is 0 Å². The van der Waals surface area contributed by atoms with Crippen molar-refractivity contribution in [3.8, 4) is 0 Å². The standard InChI is InChI=1S/C14H26N2O2/c1-11(2)9-12(15)13(17)16-6-3-14(10-16)4-7-18-8-5-14/h11-12H,3-10,15H2,1-2H3/t12-/m0/s1. The second-order valence-corrected chi connectivity index (χ2v) is 6.36. The minimum Gasteiger partial charge on any atom is -0.381 e. The Bertz CT molecular complexity index is 298. The zero-order valence-corrected chi connectivity index (χ0v) is 11.7. The van der Waals surface area contributed by atoms with Crippen LogP contribution >= 0.6 is 0 Å². The molecule has 104 valence electrons. The lowest BCUT2D eigenvalue weighted by molar-refractivity contribution is -0.132. The van der Waals surface area contributed by atoms with E-state index in [2.05, 4.69) is 13.8 Å². The molecule has 2 heterocycles. The highest BCUT2D eigenvalue weighted by Crippen LogP contribution is 2.39. The fourth-order valence-corrected chi connectivity index (χ4v) is 3.18. The molecule has 0 aromatic carbocycles. The average Bonchev–Trinajstić information content (AvgIpc) is 2.72. The van der Waals surface area contributed by atoms with Crippen LogP contribution in [0.2, 0.25) is 0 Å². The van der Waals surface area contributed by atoms with Gasteiger partial charge in [-0.3, -0.25) is 4.79 Å². The van der Waals surface area contributed by atoms with Crippen molar-refractivity contribution in [1.82, 2.24) is 4.90 Å². The summed E-state index contributed by atoms with van der Waals surface area (Å²) < 4.78 is 5.42. The Morgan fingerprint density at radius 2 is 2.00 bits per heavy atom. The van der Waals surface area contributed by atoms with Crippen LogP contribution in [0, 0.1) is 11.3 Å². The van der Waals surface area contributed by atoms with Crippen LogP contribution in [0.25, 0.3) is 0 Å². The molecule has 2 rings (SSSR count). The van der Waals surface area contributed by atoms with Gasteiger partial charge in [-0.25, -0.2) is 0 Å². The maximum Gasteiger partial charge on any atom is 0.239 e. The molecule has 1 spiro atoms. The Balaban J connectivity index is 1.89. The van der Waals surface area contributed by atoms with Crippen LogP contribution < -0.4 is 5.73 Å². The Kier molecular flexibility index (Phi) is 4.28. The van der Waals surface area contributed by atoms with Gasteiger partial charge >= 0.3 is 0 Å². The van der Waals surface area contributed by atoms with Crippen LogP contribution in [0.5, 0.6) is 0 Å². The zero-order chi connectivity index (χ0) is 13.2. The summed E-state index contributed by atoms with van der Waals surface area (Å²) in [6.45, 7) is 7.68. The molecule has 0 radical (unpaired) electrons. The molecule has 2 saturated heterocycles. The molecule has 0 unspecified atom stereocenters. The summed E-state index contributed by atoms with van der Waals surface area (Å²) in [6.07, 6.45) is 4.09. The van der Waals surface area contributed by atoms with Crippen LogP contribution in [-0.2, 0) is 9.53 Å². The third-order valence-corrected chi connectivity index (χ3v) is 4.35. The zero-order valence-electron chi connectivity index (χ0n) is 11.7. The van der Waals surface area contributed by atoms with Gasteiger partial charge in [-0.1, -0.05) is 13.8 Å². The Labute approximate surface area is 110 Å². The smallest absolute Gasteiger partial charge is 0.239 e. The number of carbonyl (C=O) groups excluding carboxylic acids is 1. The average molecular weight is 254 g/mol. The fourth-order valence-electron chi connectivity index (χ4n) is 3.18. The van der Waals surface area contributed by atoms with Crippen molar-refractivity contribution in [2.45, 2.75) is 45.6 Å². The Hall–Kier alpha value is -0.610. The van der Waals surface area contributed by atoms with Gasteiger partial charge in [-0.05, 0) is 37.0 Å². The maximum absolute atomic E-state index is 12.3. The summed E-state index contributed by atoms with van der Waals surface area (Å²) in [5, 5.41) is 0. The molecule has 4 heteroatoms. The molecule has 2 N–H and O–H groups in total. The van der Waals surface area contributed by atoms with E-state index in [4.69, 9.17) is 10.5 Å². The number of ether oxygens (including phenoxy) is 1. The van der Waals surface area contributed by atoms with Crippen molar-refractivity contribution in [3.05, 3.63) is 0 Å². The molecule has 2 aliphatic rings. The largest absolute Gasteiger partial charge is 0.381 e. The highest BCUT2D eigenvalue weighted by Gasteiger charge is 2.41. The van der Waals surface area contributed by atoms with Crippen LogP contribution in [-0.4, -0.2) is 43.2 Å². The number of hydrogen-bond acceptors (Lipinski definition) is 3. The molecular formula is C14H26N2O2. The van der Waals surface area contributed by atoms with Crippen molar-refractivity contribution < 1.29 is 9.53 Å². The summed E-state index contributed by atoms with van der Waals surface area (Å²) >= 11 is 0. The predicted molar refractivity (Wildman–Crippen MR) is 71.1 cm³/mol. The van der Waals surface area contributed by atoms with E-state index in [-0.39, 0.29) is 11.9 Å². The summed E-state index contributed by atoms with van der Waals surface area (Å²) in [5.74, 6) is 0.621. The SMILES string of the molecule is CC(C)C[C@H](N)C(=O)N1CCC2(CCOCC2)C1. The fraction of sp³-hybridized carbons (Fsp3) is 0.929. The Morgan fingerprint density at radius 3 is 2.61 bits per heavy atom. The van der Waals surface area contributed by atoms with Crippen molar-refractivity contribution in [1.29, 1.82) is 0 Å². The van der Waals surface area contributed by atoms with E-state index in [0.29, 0.717) is 11.3 Å². The van der Waals surface area contributed by atoms with Crippen LogP contribution in [0.4, 0.5) is 0 Å². The van der Waals surface area contributed by atoms with Crippen LogP contribution in [0.15, 0.2) is 0 Å². The maximum atomic E-state index is 12.3. The number of rotatable bonds is 3. The van der Waals surface area contributed by atoms with Gasteiger partial charge in [0.05, 0.1) is 6.04 Å². The van der Waals surface area contributed by atoms with Gasteiger partial charge in [-0.2, -0.15) is 0 Å². The molecule has 1 atom stereocenters. The van der Waals surface area contributed by atoms with Gasteiger partial charge in [0.25, 0.3) is 0 Å². The van der Waals surface area contributed by atoms with Gasteiger partial charge in [0.15, 0.2) is 0 Å². The minimum atomic E-state index is -0.319. The summed E-state index contributed by atoms with van der Waals surface area (Å²) in [7, 11) is 0. The Morgan fingerprint density at radius 1 is 1.33 bits per heavy atom. The van der Waals surface area contributed by atoms with Crippen LogP contribution in [0.3, 0.4) is 0 Å². The summed E-state index contributed by atoms with van der Waals surface area (Å²) in [4.78, 5) is 14.3. The molecule has 4 nitrogen and oxygen atoms in total. The molecule has 0 aromatic heterocycles. The topological polar surface area (TPSA) is 55.6 Å². The molecule has 2 fully saturated rings. The quantitative estimate of drug-likeness (QED) is 0.828. The lowest BCUT2D eigenvalue weighted by Gasteiger charge is -2.33. The van der Waals surface area contributed by atoms with E-state index in [1.165, 1.54) is 0 Å². The van der Waals surface area contributed by atoms with E-state index in [0.717, 1.165) is 52.0 Å². The first-order chi connectivity index (χ1) is 8.52. The lowest BCUT2D eigenvalue weighted by Crippen LogP contribution is -2.44. The molecule has 2 aliphatic heterocycles. The van der Waals surface area contributed by atoms with Crippen molar-refractivity contribution in [2.75, 3.05) is 26.3 Å². The number of carbonyl (C=O) groups is 1. The highest BCUT2D eigenvalue weighted by atomic mass is 16.5. The van der Waals surface area contributed by atoms with Gasteiger partial charge in [0.2, 0.25) is 5.91 Å². The van der Waals surface area contributed by atoms with Crippen molar-refractivity contribution >= 4 is 5.91 Å². The first-order valence-electron chi connectivity index (χ1n) is 7.14. The van der Waals surface area contributed by atoms with Gasteiger partial charge < -0.3 is 15.4 Å². The van der Waals surface area contributed by atoms with E-state index < -0.39 is 0 Å². The third-order valence-electron chi connectivity index (χ3n) is 4.35. The van der Waals surface area contributed by atoms with E-state index >= 15 is 0 Å². The first-order valence-corrected chi connectivity index (χ1v) is 7.14. The predicted octanol–water partition coefficient (Wildman–Crippen LogP) is 1.39. The first kappa shape index (κ1) is 13.8. The number of nitrogens with zero attached hydrogens (tertiary/aromatic N) is 1. The molecule has 0 saturated carbocycles. The number of hydrogen-bond donors (Lipinski definition) is 1. The third kappa shape index (κ3) is 3.04. The second kappa shape index (κ2) is 5.57. The molecule has 0 aliphatic carbocycles. The summed E-state index contributed by atoms with van der Waals surface area (Å²) in [5.41, 5.74) is 6.32. The van der Waals surface area contributed by atoms with E-state index in [1.807, 2.05) is 4.90 Å². The number of nitrogens with two attached hydrogens (primary N) is 1. The van der Waals surface area contributed by atoms with Crippen molar-refractivity contribution in [3.63, 3.8) is 0 Å². The lowest BCUT2D eigenvalue weighted by atomic mass is 9.80. The van der Waals surface area contributed by atoms with Gasteiger partial charge in [-0.15, -0.1) is 0 Å². The molecule has 0 aromatic rings. The summed E-state index contributed by atoms with van der Waals surface area (Å²) in [6, 6.07) is -0.319. The normalized spacial score (nSPS) is 24.8. The minimum absolute atomic E-state index is 0.145. The number of amides is 1. The van der Waals surface area contributed by atoms with E-state index in [1.54, 1.807) is 0 Å². The van der Waals surface area contributed by atoms with Crippen LogP contribution in [0.1, 0.15) is 39.5 Å². The second-order valence-electron chi connectivity index (χ2n) is 6.36. The number of likely N-dealkylation sites (tertiary alicyclic amines) is 1. The highest BCUT2D eigenvalue weighted by molar-refractivity contribution is 5.82. The molecule has 1 amide bonds. The molecular weight excluding hydrogens is 228 g/mol. The van der Waals surface area contributed by atoms with Gasteiger partial charge in [0, 0.05) is 26.3 Å². The van der Waals surface area contributed by atoms with Crippen molar-refractivity contribution in [2.24, 2.45) is 17.1 Å². The van der Waals surface area contributed by atoms with E-state index in [9.17, 15) is 4.79 Å².